The first-order valence-electron chi connectivity index (χ1n) is 18.2. The molecule has 0 radical (unpaired) electrons. The van der Waals surface area contributed by atoms with Crippen LogP contribution in [-0.2, 0) is 23.9 Å². The van der Waals surface area contributed by atoms with Crippen LogP contribution < -0.4 is 0 Å². The molecule has 0 bridgehead atoms. The maximum Gasteiger partial charge on any atom is 0.305 e. The second-order valence-electron chi connectivity index (χ2n) is 12.6. The third-order valence-electron chi connectivity index (χ3n) is 8.21. The number of ether oxygens (including phenoxy) is 2. The SMILES string of the molecule is CCCCCC(=O)/C=C/C=C\CCCCCCCC(=O)OC[C@@H](O)COC(=O)CCCCCCCCCCCCC(C)CC. The second kappa shape index (κ2) is 32.4. The fraction of sp³-hybridized carbons (Fsp3) is 0.816. The molecule has 0 spiro atoms. The van der Waals surface area contributed by atoms with Gasteiger partial charge in [-0.2, -0.15) is 0 Å². The summed E-state index contributed by atoms with van der Waals surface area (Å²) in [6.45, 7) is 6.47. The van der Waals surface area contributed by atoms with Crippen LogP contribution in [0.5, 0.6) is 0 Å². The second-order valence-corrected chi connectivity index (χ2v) is 12.6. The highest BCUT2D eigenvalue weighted by Crippen LogP contribution is 2.15. The lowest BCUT2D eigenvalue weighted by Crippen LogP contribution is -2.25. The fourth-order valence-corrected chi connectivity index (χ4v) is 4.98. The van der Waals surface area contributed by atoms with Gasteiger partial charge in [0, 0.05) is 19.3 Å². The van der Waals surface area contributed by atoms with E-state index in [1.807, 2.05) is 12.2 Å². The highest BCUT2D eigenvalue weighted by Gasteiger charge is 2.12. The number of carbonyl (C=O) groups is 3. The Morgan fingerprint density at radius 2 is 1.09 bits per heavy atom. The molecule has 6 heteroatoms. The molecule has 256 valence electrons. The number of ketones is 1. The van der Waals surface area contributed by atoms with Gasteiger partial charge in [0.1, 0.15) is 19.3 Å². The van der Waals surface area contributed by atoms with Gasteiger partial charge in [-0.3, -0.25) is 14.4 Å². The Morgan fingerprint density at radius 3 is 1.61 bits per heavy atom. The van der Waals surface area contributed by atoms with Crippen LogP contribution in [0.1, 0.15) is 175 Å². The number of esters is 2. The van der Waals surface area contributed by atoms with Crippen molar-refractivity contribution in [3.8, 4) is 0 Å². The van der Waals surface area contributed by atoms with Gasteiger partial charge in [0.05, 0.1) is 0 Å². The summed E-state index contributed by atoms with van der Waals surface area (Å²) in [4.78, 5) is 35.5. The van der Waals surface area contributed by atoms with Crippen LogP contribution in [0.4, 0.5) is 0 Å². The molecule has 0 aromatic carbocycles. The van der Waals surface area contributed by atoms with Gasteiger partial charge >= 0.3 is 11.9 Å². The Hall–Kier alpha value is -1.95. The van der Waals surface area contributed by atoms with Crippen LogP contribution in [0.25, 0.3) is 0 Å². The summed E-state index contributed by atoms with van der Waals surface area (Å²) in [6.07, 6.45) is 32.0. The highest BCUT2D eigenvalue weighted by atomic mass is 16.6. The smallest absolute Gasteiger partial charge is 0.305 e. The zero-order chi connectivity index (χ0) is 32.5. The van der Waals surface area contributed by atoms with Crippen LogP contribution in [0.15, 0.2) is 24.3 Å². The molecule has 1 unspecified atom stereocenters. The van der Waals surface area contributed by atoms with E-state index in [4.69, 9.17) is 9.47 Å². The number of hydrogen-bond donors (Lipinski definition) is 1. The predicted molar refractivity (Wildman–Crippen MR) is 183 cm³/mol. The predicted octanol–water partition coefficient (Wildman–Crippen LogP) is 10.2. The number of unbranched alkanes of at least 4 members (excludes halogenated alkanes) is 16. The number of hydrogen-bond acceptors (Lipinski definition) is 6. The summed E-state index contributed by atoms with van der Waals surface area (Å²) in [7, 11) is 0. The lowest BCUT2D eigenvalue weighted by atomic mass is 9.99. The van der Waals surface area contributed by atoms with Crippen molar-refractivity contribution in [3.63, 3.8) is 0 Å². The van der Waals surface area contributed by atoms with Gasteiger partial charge in [0.15, 0.2) is 5.78 Å². The lowest BCUT2D eigenvalue weighted by molar-refractivity contribution is -0.152. The van der Waals surface area contributed by atoms with Crippen molar-refractivity contribution in [3.05, 3.63) is 24.3 Å². The average Bonchev–Trinajstić information content (AvgIpc) is 3.01. The van der Waals surface area contributed by atoms with E-state index in [1.54, 1.807) is 6.08 Å². The average molecular weight is 621 g/mol. The van der Waals surface area contributed by atoms with Gasteiger partial charge in [0.25, 0.3) is 0 Å². The van der Waals surface area contributed by atoms with Crippen molar-refractivity contribution in [1.82, 2.24) is 0 Å². The van der Waals surface area contributed by atoms with Crippen molar-refractivity contribution in [1.29, 1.82) is 0 Å². The summed E-state index contributed by atoms with van der Waals surface area (Å²) in [5.41, 5.74) is 0. The minimum absolute atomic E-state index is 0.136. The van der Waals surface area contributed by atoms with Gasteiger partial charge in [-0.25, -0.2) is 0 Å². The first kappa shape index (κ1) is 42.0. The molecule has 44 heavy (non-hydrogen) atoms. The van der Waals surface area contributed by atoms with Gasteiger partial charge in [0.2, 0.25) is 0 Å². The molecular weight excluding hydrogens is 552 g/mol. The van der Waals surface area contributed by atoms with Crippen LogP contribution >= 0.6 is 0 Å². The summed E-state index contributed by atoms with van der Waals surface area (Å²) in [5.74, 6) is 0.450. The van der Waals surface area contributed by atoms with E-state index in [9.17, 15) is 19.5 Å². The van der Waals surface area contributed by atoms with Crippen molar-refractivity contribution in [2.24, 2.45) is 5.92 Å². The van der Waals surface area contributed by atoms with E-state index in [1.165, 1.54) is 57.8 Å². The van der Waals surface area contributed by atoms with Gasteiger partial charge in [-0.15, -0.1) is 0 Å². The van der Waals surface area contributed by atoms with Gasteiger partial charge < -0.3 is 14.6 Å². The molecule has 1 N–H and O–H groups in total. The van der Waals surface area contributed by atoms with E-state index in [0.29, 0.717) is 19.3 Å². The highest BCUT2D eigenvalue weighted by molar-refractivity contribution is 5.89. The summed E-state index contributed by atoms with van der Waals surface area (Å²) < 4.78 is 10.3. The zero-order valence-electron chi connectivity index (χ0n) is 28.8. The third-order valence-corrected chi connectivity index (χ3v) is 8.21. The largest absolute Gasteiger partial charge is 0.463 e. The Bertz CT molecular complexity index is 744. The van der Waals surface area contributed by atoms with Crippen molar-refractivity contribution >= 4 is 17.7 Å². The Morgan fingerprint density at radius 1 is 0.614 bits per heavy atom. The quantitative estimate of drug-likeness (QED) is 0.0348. The monoisotopic (exact) mass is 621 g/mol. The topological polar surface area (TPSA) is 89.9 Å². The molecule has 0 aliphatic carbocycles. The van der Waals surface area contributed by atoms with Crippen molar-refractivity contribution < 1.29 is 29.0 Å². The maximum absolute atomic E-state index is 11.9. The van der Waals surface area contributed by atoms with E-state index < -0.39 is 6.10 Å². The van der Waals surface area contributed by atoms with Crippen molar-refractivity contribution in [2.75, 3.05) is 13.2 Å². The first-order valence-corrected chi connectivity index (χ1v) is 18.2. The normalized spacial score (nSPS) is 13.0. The van der Waals surface area contributed by atoms with E-state index in [-0.39, 0.29) is 30.9 Å². The first-order chi connectivity index (χ1) is 21.4. The van der Waals surface area contributed by atoms with Crippen LogP contribution in [0.3, 0.4) is 0 Å². The number of carbonyl (C=O) groups excluding carboxylic acids is 3. The molecule has 0 fully saturated rings. The standard InChI is InChI=1S/C38H68O6/c1-4-6-22-28-35(39)29-24-19-15-11-9-13-17-21-26-31-38(42)44-33-36(40)32-43-37(41)30-25-20-16-12-8-7-10-14-18-23-27-34(3)5-2/h15,19,24,29,34,36,40H,4-14,16-18,20-23,25-28,30-33H2,1-3H3/b19-15-,29-24+/t34?,36-/m0/s1. The van der Waals surface area contributed by atoms with Gasteiger partial charge in [-0.05, 0) is 44.1 Å². The number of allylic oxidation sites excluding steroid dienone is 4. The van der Waals surface area contributed by atoms with Crippen LogP contribution in [0.2, 0.25) is 0 Å². The molecule has 0 rings (SSSR count). The fourth-order valence-electron chi connectivity index (χ4n) is 4.98. The molecule has 2 atom stereocenters. The molecule has 0 aliphatic rings. The molecule has 0 amide bonds. The molecule has 0 aliphatic heterocycles. The van der Waals surface area contributed by atoms with Gasteiger partial charge in [-0.1, -0.05) is 142 Å². The third kappa shape index (κ3) is 31.5. The molecule has 0 aromatic heterocycles. The molecular formula is C38H68O6. The van der Waals surface area contributed by atoms with E-state index >= 15 is 0 Å². The number of aliphatic hydroxyl groups is 1. The number of rotatable bonds is 32. The minimum atomic E-state index is -0.986. The van der Waals surface area contributed by atoms with Crippen molar-refractivity contribution in [2.45, 2.75) is 181 Å². The zero-order valence-corrected chi connectivity index (χ0v) is 28.8. The number of aliphatic hydroxyl groups excluding tert-OH is 1. The summed E-state index contributed by atoms with van der Waals surface area (Å²) >= 11 is 0. The van der Waals surface area contributed by atoms with Crippen LogP contribution in [-0.4, -0.2) is 42.1 Å². The van der Waals surface area contributed by atoms with E-state index in [2.05, 4.69) is 26.8 Å². The van der Waals surface area contributed by atoms with Crippen LogP contribution in [0, 0.1) is 5.92 Å². The Kier molecular flexibility index (Phi) is 31.0. The minimum Gasteiger partial charge on any atom is -0.463 e. The van der Waals surface area contributed by atoms with E-state index in [0.717, 1.165) is 83.0 Å². The molecule has 0 heterocycles. The Balaban J connectivity index is 3.52. The Labute approximate surface area is 270 Å². The molecule has 0 aromatic rings. The maximum atomic E-state index is 11.9. The molecule has 0 saturated carbocycles. The summed E-state index contributed by atoms with van der Waals surface area (Å²) in [6, 6.07) is 0. The summed E-state index contributed by atoms with van der Waals surface area (Å²) in [5, 5.41) is 9.98. The lowest BCUT2D eigenvalue weighted by Gasteiger charge is -2.12. The molecule has 6 nitrogen and oxygen atoms in total. The molecule has 0 saturated heterocycles.